The number of benzene rings is 2. The summed E-state index contributed by atoms with van der Waals surface area (Å²) in [7, 11) is 0. The van der Waals surface area contributed by atoms with Crippen LogP contribution in [0.15, 0.2) is 82.7 Å². The van der Waals surface area contributed by atoms with Gasteiger partial charge in [0.15, 0.2) is 12.4 Å². The molecule has 164 valence electrons. The van der Waals surface area contributed by atoms with Crippen LogP contribution in [0, 0.1) is 13.8 Å². The second kappa shape index (κ2) is 8.55. The van der Waals surface area contributed by atoms with Crippen molar-refractivity contribution in [1.29, 1.82) is 0 Å². The Morgan fingerprint density at radius 2 is 1.61 bits per heavy atom. The van der Waals surface area contributed by atoms with Gasteiger partial charge in [0.25, 0.3) is 5.91 Å². The summed E-state index contributed by atoms with van der Waals surface area (Å²) in [4.78, 5) is 33.6. The monoisotopic (exact) mass is 456 g/mol. The number of hydrogen-bond donors (Lipinski definition) is 0. The minimum atomic E-state index is -0.608. The molecule has 0 bridgehead atoms. The topological polar surface area (TPSA) is 77.3 Å². The van der Waals surface area contributed by atoms with E-state index >= 15 is 0 Å². The van der Waals surface area contributed by atoms with Gasteiger partial charge in [0.2, 0.25) is 0 Å². The number of aryl methyl sites for hydroxylation is 2. The first-order valence-corrected chi connectivity index (χ1v) is 11.2. The van der Waals surface area contributed by atoms with Gasteiger partial charge < -0.3 is 4.74 Å². The van der Waals surface area contributed by atoms with Gasteiger partial charge in [-0.25, -0.2) is 14.5 Å². The molecule has 8 heteroatoms. The number of rotatable bonds is 4. The Bertz CT molecular complexity index is 1320. The first-order chi connectivity index (χ1) is 16.0. The fourth-order valence-electron chi connectivity index (χ4n) is 3.74. The van der Waals surface area contributed by atoms with Crippen molar-refractivity contribution >= 4 is 35.0 Å². The maximum absolute atomic E-state index is 13.2. The number of anilines is 2. The lowest BCUT2D eigenvalue weighted by molar-refractivity contribution is -0.121. The second-order valence-corrected chi connectivity index (χ2v) is 8.67. The molecule has 2 aromatic heterocycles. The average molecular weight is 457 g/mol. The van der Waals surface area contributed by atoms with E-state index in [0.29, 0.717) is 5.82 Å². The molecule has 0 spiro atoms. The summed E-state index contributed by atoms with van der Waals surface area (Å²) in [5.74, 6) is -0.327. The molecule has 0 radical (unpaired) electrons. The SMILES string of the molecule is Cc1cc(C)n(-c2ccc(C(=O)OCC(=O)N3c4ccccc4Sc4ccccc43)cn2)n1. The van der Waals surface area contributed by atoms with Crippen LogP contribution in [0.4, 0.5) is 11.4 Å². The predicted molar refractivity (Wildman–Crippen MR) is 125 cm³/mol. The zero-order valence-corrected chi connectivity index (χ0v) is 18.9. The highest BCUT2D eigenvalue weighted by molar-refractivity contribution is 7.99. The van der Waals surface area contributed by atoms with Crippen molar-refractivity contribution in [1.82, 2.24) is 14.8 Å². The van der Waals surface area contributed by atoms with Crippen molar-refractivity contribution < 1.29 is 14.3 Å². The molecule has 1 aliphatic heterocycles. The molecule has 1 amide bonds. The van der Waals surface area contributed by atoms with Crippen molar-refractivity contribution in [3.8, 4) is 5.82 Å². The van der Waals surface area contributed by atoms with Crippen LogP contribution in [0.3, 0.4) is 0 Å². The van der Waals surface area contributed by atoms with Gasteiger partial charge in [-0.1, -0.05) is 36.0 Å². The molecule has 0 aliphatic carbocycles. The summed E-state index contributed by atoms with van der Waals surface area (Å²) in [6.07, 6.45) is 1.43. The molecule has 7 nitrogen and oxygen atoms in total. The van der Waals surface area contributed by atoms with Crippen molar-refractivity contribution in [2.75, 3.05) is 11.5 Å². The van der Waals surface area contributed by atoms with Crippen LogP contribution >= 0.6 is 11.8 Å². The predicted octanol–water partition coefficient (Wildman–Crippen LogP) is 4.87. The Kier molecular flexibility index (Phi) is 5.43. The Balaban J connectivity index is 1.32. The Labute approximate surface area is 195 Å². The molecule has 0 N–H and O–H groups in total. The van der Waals surface area contributed by atoms with Crippen LogP contribution in [0.25, 0.3) is 5.82 Å². The maximum atomic E-state index is 13.2. The third-order valence-corrected chi connectivity index (χ3v) is 6.35. The third-order valence-electron chi connectivity index (χ3n) is 5.22. The molecule has 4 aromatic rings. The summed E-state index contributed by atoms with van der Waals surface area (Å²) in [6.45, 7) is 3.46. The van der Waals surface area contributed by atoms with Gasteiger partial charge in [0, 0.05) is 21.7 Å². The van der Waals surface area contributed by atoms with Crippen LogP contribution in [-0.4, -0.2) is 33.2 Å². The zero-order chi connectivity index (χ0) is 22.9. The van der Waals surface area contributed by atoms with Crippen molar-refractivity contribution in [2.45, 2.75) is 23.6 Å². The van der Waals surface area contributed by atoms with E-state index in [1.54, 1.807) is 33.5 Å². The lowest BCUT2D eigenvalue weighted by Crippen LogP contribution is -2.32. The molecule has 2 aromatic carbocycles. The van der Waals surface area contributed by atoms with Crippen molar-refractivity contribution in [3.63, 3.8) is 0 Å². The van der Waals surface area contributed by atoms with E-state index in [1.165, 1.54) is 6.20 Å². The summed E-state index contributed by atoms with van der Waals surface area (Å²) >= 11 is 1.61. The Hall–Kier alpha value is -3.91. The van der Waals surface area contributed by atoms with Gasteiger partial charge in [-0.3, -0.25) is 9.69 Å². The van der Waals surface area contributed by atoms with E-state index < -0.39 is 5.97 Å². The fourth-order valence-corrected chi connectivity index (χ4v) is 4.80. The highest BCUT2D eigenvalue weighted by Crippen LogP contribution is 2.47. The zero-order valence-electron chi connectivity index (χ0n) is 18.1. The van der Waals surface area contributed by atoms with E-state index in [1.807, 2.05) is 68.4 Å². The van der Waals surface area contributed by atoms with E-state index in [-0.39, 0.29) is 18.1 Å². The number of fused-ring (bicyclic) bond motifs is 2. The number of nitrogens with zero attached hydrogens (tertiary/aromatic N) is 4. The molecule has 0 atom stereocenters. The number of hydrogen-bond acceptors (Lipinski definition) is 6. The van der Waals surface area contributed by atoms with E-state index in [0.717, 1.165) is 32.6 Å². The number of esters is 1. The van der Waals surface area contributed by atoms with Crippen molar-refractivity contribution in [3.05, 3.63) is 89.9 Å². The van der Waals surface area contributed by atoms with Crippen LogP contribution in [-0.2, 0) is 9.53 Å². The van der Waals surface area contributed by atoms with Crippen LogP contribution in [0.1, 0.15) is 21.7 Å². The number of aromatic nitrogens is 3. The summed E-state index contributed by atoms with van der Waals surface area (Å²) < 4.78 is 7.05. The summed E-state index contributed by atoms with van der Waals surface area (Å²) in [6, 6.07) is 20.6. The molecule has 0 unspecified atom stereocenters. The lowest BCUT2D eigenvalue weighted by Gasteiger charge is -2.30. The van der Waals surface area contributed by atoms with Gasteiger partial charge in [-0.15, -0.1) is 0 Å². The molecule has 1 aliphatic rings. The fraction of sp³-hybridized carbons (Fsp3) is 0.120. The number of amides is 1. The van der Waals surface area contributed by atoms with Crippen LogP contribution < -0.4 is 4.90 Å². The largest absolute Gasteiger partial charge is 0.452 e. The van der Waals surface area contributed by atoms with E-state index in [4.69, 9.17) is 4.74 Å². The number of carbonyl (C=O) groups is 2. The van der Waals surface area contributed by atoms with Crippen LogP contribution in [0.5, 0.6) is 0 Å². The van der Waals surface area contributed by atoms with E-state index in [9.17, 15) is 9.59 Å². The molecule has 5 rings (SSSR count). The Morgan fingerprint density at radius 1 is 0.939 bits per heavy atom. The lowest BCUT2D eigenvalue weighted by atomic mass is 10.2. The number of pyridine rings is 1. The maximum Gasteiger partial charge on any atom is 0.340 e. The van der Waals surface area contributed by atoms with Gasteiger partial charge in [0.05, 0.1) is 22.6 Å². The second-order valence-electron chi connectivity index (χ2n) is 7.59. The van der Waals surface area contributed by atoms with E-state index in [2.05, 4.69) is 10.1 Å². The van der Waals surface area contributed by atoms with Crippen molar-refractivity contribution in [2.24, 2.45) is 0 Å². The standard InChI is InChI=1S/C25H20N4O3S/c1-16-13-17(2)29(27-16)23-12-11-18(14-26-23)25(31)32-15-24(30)28-19-7-3-5-9-21(19)33-22-10-6-4-8-20(22)28/h3-14H,15H2,1-2H3. The third kappa shape index (κ3) is 4.01. The van der Waals surface area contributed by atoms with Crippen LogP contribution in [0.2, 0.25) is 0 Å². The smallest absolute Gasteiger partial charge is 0.340 e. The van der Waals surface area contributed by atoms with Gasteiger partial charge >= 0.3 is 5.97 Å². The highest BCUT2D eigenvalue weighted by Gasteiger charge is 2.28. The minimum absolute atomic E-state index is 0.267. The van der Waals surface area contributed by atoms with Gasteiger partial charge in [0.1, 0.15) is 0 Å². The summed E-state index contributed by atoms with van der Waals surface area (Å²) in [5.41, 5.74) is 3.65. The molecular formula is C25H20N4O3S. The Morgan fingerprint density at radius 3 is 2.18 bits per heavy atom. The summed E-state index contributed by atoms with van der Waals surface area (Å²) in [5, 5.41) is 4.39. The molecule has 0 fully saturated rings. The number of carbonyl (C=O) groups excluding carboxylic acids is 2. The molecule has 0 saturated carbocycles. The average Bonchev–Trinajstić information content (AvgIpc) is 3.18. The number of ether oxygens (including phenoxy) is 1. The minimum Gasteiger partial charge on any atom is -0.452 e. The first kappa shape index (κ1) is 21.0. The molecule has 33 heavy (non-hydrogen) atoms. The molecular weight excluding hydrogens is 436 g/mol. The van der Waals surface area contributed by atoms with Gasteiger partial charge in [-0.05, 0) is 56.3 Å². The number of para-hydroxylation sites is 2. The quantitative estimate of drug-likeness (QED) is 0.408. The van der Waals surface area contributed by atoms with Gasteiger partial charge in [-0.2, -0.15) is 5.10 Å². The highest BCUT2D eigenvalue weighted by atomic mass is 32.2. The normalized spacial score (nSPS) is 12.1. The first-order valence-electron chi connectivity index (χ1n) is 10.4. The molecule has 3 heterocycles. The molecule has 0 saturated heterocycles.